The zero-order valence-corrected chi connectivity index (χ0v) is 18.6. The summed E-state index contributed by atoms with van der Waals surface area (Å²) in [5.41, 5.74) is -1.71. The third-order valence-corrected chi connectivity index (χ3v) is 6.71. The Kier molecular flexibility index (Phi) is 7.37. The normalized spacial score (nSPS) is 28.4. The summed E-state index contributed by atoms with van der Waals surface area (Å²) in [5.74, 6) is -3.40. The van der Waals surface area contributed by atoms with Crippen LogP contribution in [0.4, 0.5) is 13.2 Å². The lowest BCUT2D eigenvalue weighted by atomic mass is 9.91. The van der Waals surface area contributed by atoms with Gasteiger partial charge in [0.05, 0.1) is 6.04 Å². The predicted octanol–water partition coefficient (Wildman–Crippen LogP) is 0.501. The number of Topliss-reactive ketones (excluding diaryl/α,β-unsaturated/α-hetero) is 1. The average molecular weight is 477 g/mol. The lowest BCUT2D eigenvalue weighted by molar-refractivity contribution is -0.321. The molecule has 2 heterocycles. The first-order valence-electron chi connectivity index (χ1n) is 11.1. The molecule has 3 N–H and O–H groups in total. The number of alkyl halides is 3. The Hall–Kier alpha value is -2.21. The first kappa shape index (κ1) is 25.4. The molecule has 1 saturated carbocycles. The molecule has 1 aliphatic carbocycles. The monoisotopic (exact) mass is 477 g/mol. The Labute approximate surface area is 189 Å². The summed E-state index contributed by atoms with van der Waals surface area (Å²) in [7, 11) is 0. The number of carbonyl (C=O) groups excluding carboxylic acids is 4. The number of ketones is 1. The highest BCUT2D eigenvalue weighted by Gasteiger charge is 2.52. The van der Waals surface area contributed by atoms with Gasteiger partial charge in [-0.2, -0.15) is 0 Å². The Morgan fingerprint density at radius 1 is 1.24 bits per heavy atom. The Morgan fingerprint density at radius 3 is 2.52 bits per heavy atom. The van der Waals surface area contributed by atoms with Crippen molar-refractivity contribution in [1.82, 2.24) is 15.5 Å². The van der Waals surface area contributed by atoms with E-state index in [1.807, 2.05) is 0 Å². The van der Waals surface area contributed by atoms with E-state index in [9.17, 15) is 37.5 Å². The van der Waals surface area contributed by atoms with E-state index in [4.69, 9.17) is 0 Å². The first-order chi connectivity index (χ1) is 15.3. The Morgan fingerprint density at radius 2 is 1.94 bits per heavy atom. The number of fused-ring (bicyclic) bond motifs is 1. The van der Waals surface area contributed by atoms with Gasteiger partial charge >= 0.3 is 6.36 Å². The van der Waals surface area contributed by atoms with Gasteiger partial charge in [0.1, 0.15) is 18.2 Å². The van der Waals surface area contributed by atoms with Gasteiger partial charge < -0.3 is 20.6 Å². The molecular formula is C21H30F3N3O6. The van der Waals surface area contributed by atoms with E-state index in [-0.39, 0.29) is 30.7 Å². The fourth-order valence-corrected chi connectivity index (χ4v) is 5.14. The average Bonchev–Trinajstić information content (AvgIpc) is 3.39. The van der Waals surface area contributed by atoms with Crippen molar-refractivity contribution in [2.45, 2.75) is 70.0 Å². The van der Waals surface area contributed by atoms with Crippen LogP contribution in [0, 0.1) is 17.8 Å². The smallest absolute Gasteiger partial charge is 0.381 e. The fraction of sp³-hybridized carbons (Fsp3) is 0.810. The molecule has 12 heteroatoms. The summed E-state index contributed by atoms with van der Waals surface area (Å²) in [4.78, 5) is 51.9. The maximum Gasteiger partial charge on any atom is 0.522 e. The van der Waals surface area contributed by atoms with Crippen LogP contribution < -0.4 is 10.6 Å². The minimum atomic E-state index is -5.02. The number of amides is 3. The van der Waals surface area contributed by atoms with Crippen molar-refractivity contribution in [2.75, 3.05) is 19.7 Å². The van der Waals surface area contributed by atoms with Gasteiger partial charge in [0.25, 0.3) is 5.91 Å². The number of likely N-dealkylation sites (tertiary alicyclic amines) is 1. The highest BCUT2D eigenvalue weighted by Crippen LogP contribution is 2.43. The number of nitrogens with zero attached hydrogens (tertiary/aromatic N) is 1. The molecule has 3 amide bonds. The van der Waals surface area contributed by atoms with Crippen molar-refractivity contribution in [3.63, 3.8) is 0 Å². The highest BCUT2D eigenvalue weighted by atomic mass is 19.4. The van der Waals surface area contributed by atoms with Gasteiger partial charge in [-0.3, -0.25) is 23.9 Å². The van der Waals surface area contributed by atoms with Crippen LogP contribution in [0.5, 0.6) is 0 Å². The van der Waals surface area contributed by atoms with Crippen molar-refractivity contribution in [1.29, 1.82) is 0 Å². The number of carbonyl (C=O) groups is 4. The number of nitrogens with one attached hydrogen (secondary N) is 2. The van der Waals surface area contributed by atoms with E-state index in [0.717, 1.165) is 12.8 Å². The molecule has 9 nitrogen and oxygen atoms in total. The minimum Gasteiger partial charge on any atom is -0.381 e. The quantitative estimate of drug-likeness (QED) is 0.468. The highest BCUT2D eigenvalue weighted by molar-refractivity contribution is 5.95. The van der Waals surface area contributed by atoms with Gasteiger partial charge in [0.2, 0.25) is 11.8 Å². The van der Waals surface area contributed by atoms with E-state index >= 15 is 0 Å². The van der Waals surface area contributed by atoms with Gasteiger partial charge in [-0.1, -0.05) is 6.42 Å². The van der Waals surface area contributed by atoms with Gasteiger partial charge in [0, 0.05) is 19.0 Å². The molecule has 0 aromatic heterocycles. The second kappa shape index (κ2) is 9.57. The SMILES string of the molecule is CC(C)(O)C(=O)N1CC2CCCC2C1C(=O)NC(CC1CCNC1=O)C(=O)COC(F)(F)F. The lowest BCUT2D eigenvalue weighted by Crippen LogP contribution is -2.56. The van der Waals surface area contributed by atoms with Crippen LogP contribution in [0.2, 0.25) is 0 Å². The molecule has 3 aliphatic rings. The van der Waals surface area contributed by atoms with Crippen molar-refractivity contribution >= 4 is 23.5 Å². The number of hydrogen-bond acceptors (Lipinski definition) is 6. The van der Waals surface area contributed by atoms with Crippen molar-refractivity contribution < 1.29 is 42.2 Å². The minimum absolute atomic E-state index is 0.0652. The second-order valence-electron chi connectivity index (χ2n) is 9.59. The molecule has 2 aliphatic heterocycles. The molecule has 0 radical (unpaired) electrons. The largest absolute Gasteiger partial charge is 0.522 e. The molecule has 0 aromatic carbocycles. The maximum absolute atomic E-state index is 13.3. The van der Waals surface area contributed by atoms with Crippen molar-refractivity contribution in [3.05, 3.63) is 0 Å². The Balaban J connectivity index is 1.78. The van der Waals surface area contributed by atoms with Crippen LogP contribution in [-0.2, 0) is 23.9 Å². The zero-order valence-electron chi connectivity index (χ0n) is 18.6. The summed E-state index contributed by atoms with van der Waals surface area (Å²) in [6.45, 7) is 1.99. The standard InChI is InChI=1S/C21H30F3N3O6/c1-20(2,32)19(31)27-9-12-4-3-5-13(12)16(27)18(30)26-14(8-11-6-7-25-17(11)29)15(28)10-33-21(22,23)24/h11-14,16,32H,3-10H2,1-2H3,(H,25,29)(H,26,30). The summed E-state index contributed by atoms with van der Waals surface area (Å²) in [6.07, 6.45) is -2.44. The van der Waals surface area contributed by atoms with Gasteiger partial charge in [-0.15, -0.1) is 13.2 Å². The van der Waals surface area contributed by atoms with Gasteiger partial charge in [0.15, 0.2) is 5.78 Å². The third-order valence-electron chi connectivity index (χ3n) is 6.71. The number of halogens is 3. The van der Waals surface area contributed by atoms with Crippen LogP contribution >= 0.6 is 0 Å². The number of hydrogen-bond donors (Lipinski definition) is 3. The van der Waals surface area contributed by atoms with Crippen LogP contribution in [0.15, 0.2) is 0 Å². The van der Waals surface area contributed by atoms with Crippen LogP contribution in [0.1, 0.15) is 46.0 Å². The molecule has 33 heavy (non-hydrogen) atoms. The Bertz CT molecular complexity index is 797. The third kappa shape index (κ3) is 6.03. The summed E-state index contributed by atoms with van der Waals surface area (Å²) < 4.78 is 41.0. The maximum atomic E-state index is 13.3. The van der Waals surface area contributed by atoms with E-state index < -0.39 is 54.2 Å². The predicted molar refractivity (Wildman–Crippen MR) is 107 cm³/mol. The van der Waals surface area contributed by atoms with E-state index in [1.165, 1.54) is 18.7 Å². The van der Waals surface area contributed by atoms with Crippen LogP contribution in [-0.4, -0.2) is 77.3 Å². The molecule has 5 unspecified atom stereocenters. The topological polar surface area (TPSA) is 125 Å². The molecule has 2 saturated heterocycles. The molecule has 0 aromatic rings. The molecule has 3 rings (SSSR count). The van der Waals surface area contributed by atoms with E-state index in [0.29, 0.717) is 19.4 Å². The van der Waals surface area contributed by atoms with Gasteiger partial charge in [-0.05, 0) is 51.4 Å². The summed E-state index contributed by atoms with van der Waals surface area (Å²) >= 11 is 0. The summed E-state index contributed by atoms with van der Waals surface area (Å²) in [5, 5.41) is 15.3. The number of ether oxygens (including phenoxy) is 1. The fourth-order valence-electron chi connectivity index (χ4n) is 5.14. The van der Waals surface area contributed by atoms with Crippen LogP contribution in [0.3, 0.4) is 0 Å². The van der Waals surface area contributed by atoms with Crippen LogP contribution in [0.25, 0.3) is 0 Å². The number of aliphatic hydroxyl groups is 1. The van der Waals surface area contributed by atoms with Crippen molar-refractivity contribution in [3.8, 4) is 0 Å². The van der Waals surface area contributed by atoms with E-state index in [2.05, 4.69) is 15.4 Å². The van der Waals surface area contributed by atoms with E-state index in [1.54, 1.807) is 0 Å². The molecule has 186 valence electrons. The van der Waals surface area contributed by atoms with Crippen molar-refractivity contribution in [2.24, 2.45) is 17.8 Å². The molecular weight excluding hydrogens is 447 g/mol. The molecule has 5 atom stereocenters. The second-order valence-corrected chi connectivity index (χ2v) is 9.59. The number of rotatable bonds is 8. The van der Waals surface area contributed by atoms with Gasteiger partial charge in [-0.25, -0.2) is 0 Å². The summed E-state index contributed by atoms with van der Waals surface area (Å²) in [6, 6.07) is -2.33. The molecule has 3 fully saturated rings. The molecule has 0 spiro atoms. The lowest BCUT2D eigenvalue weighted by Gasteiger charge is -2.32. The molecule has 0 bridgehead atoms. The first-order valence-corrected chi connectivity index (χ1v) is 11.1. The zero-order chi connectivity index (χ0) is 24.6.